The number of fused-ring (bicyclic) bond motifs is 1. The molecule has 0 saturated carbocycles. The zero-order valence-electron chi connectivity index (χ0n) is 10.6. The Labute approximate surface area is 116 Å². The number of nitrogen functional groups attached to an aromatic ring is 1. The molecule has 20 heavy (non-hydrogen) atoms. The van der Waals surface area contributed by atoms with Crippen LogP contribution >= 0.6 is 0 Å². The van der Waals surface area contributed by atoms with Crippen LogP contribution in [0.2, 0.25) is 0 Å². The van der Waals surface area contributed by atoms with Gasteiger partial charge in [0, 0.05) is 11.6 Å². The molecule has 0 unspecified atom stereocenters. The van der Waals surface area contributed by atoms with Gasteiger partial charge in [0.25, 0.3) is 0 Å². The highest BCUT2D eigenvalue weighted by molar-refractivity contribution is 5.84. The number of nitriles is 1. The lowest BCUT2D eigenvalue weighted by atomic mass is 10.2. The van der Waals surface area contributed by atoms with Gasteiger partial charge in [0.1, 0.15) is 11.6 Å². The first-order chi connectivity index (χ1) is 9.79. The summed E-state index contributed by atoms with van der Waals surface area (Å²) < 4.78 is 5.83. The molecule has 0 aliphatic rings. The molecule has 0 bridgehead atoms. The molecular formula is C16H11N3O. The largest absolute Gasteiger partial charge is 0.453 e. The van der Waals surface area contributed by atoms with Crippen molar-refractivity contribution in [1.29, 1.82) is 5.26 Å². The number of aromatic nitrogens is 1. The summed E-state index contributed by atoms with van der Waals surface area (Å²) in [5.41, 5.74) is 7.41. The standard InChI is InChI=1S/C16H11N3O/c17-10-12-5-2-7-13(15(12)18)20-14-8-1-4-11-6-3-9-19-16(11)14/h1-9H,18H2. The van der Waals surface area contributed by atoms with Crippen LogP contribution in [0.15, 0.2) is 54.7 Å². The van der Waals surface area contributed by atoms with Gasteiger partial charge >= 0.3 is 0 Å². The van der Waals surface area contributed by atoms with Gasteiger partial charge in [-0.15, -0.1) is 0 Å². The molecule has 2 N–H and O–H groups in total. The van der Waals surface area contributed by atoms with E-state index >= 15 is 0 Å². The number of hydrogen-bond donors (Lipinski definition) is 1. The van der Waals surface area contributed by atoms with E-state index in [1.807, 2.05) is 36.4 Å². The van der Waals surface area contributed by atoms with Crippen LogP contribution < -0.4 is 10.5 Å². The van der Waals surface area contributed by atoms with E-state index in [1.54, 1.807) is 24.4 Å². The number of nitrogens with two attached hydrogens (primary N) is 1. The lowest BCUT2D eigenvalue weighted by Gasteiger charge is -2.10. The summed E-state index contributed by atoms with van der Waals surface area (Å²) in [7, 11) is 0. The summed E-state index contributed by atoms with van der Waals surface area (Å²) in [5.74, 6) is 1.08. The Bertz CT molecular complexity index is 816. The summed E-state index contributed by atoms with van der Waals surface area (Å²) in [5, 5.41) is 9.97. The zero-order chi connectivity index (χ0) is 13.9. The molecular weight excluding hydrogens is 250 g/mol. The summed E-state index contributed by atoms with van der Waals surface area (Å²) in [4.78, 5) is 4.32. The zero-order valence-corrected chi connectivity index (χ0v) is 10.6. The molecule has 4 nitrogen and oxygen atoms in total. The number of hydrogen-bond acceptors (Lipinski definition) is 4. The van der Waals surface area contributed by atoms with E-state index in [1.165, 1.54) is 0 Å². The lowest BCUT2D eigenvalue weighted by Crippen LogP contribution is -1.96. The van der Waals surface area contributed by atoms with Gasteiger partial charge in [-0.3, -0.25) is 4.98 Å². The topological polar surface area (TPSA) is 71.9 Å². The van der Waals surface area contributed by atoms with Crippen molar-refractivity contribution in [2.24, 2.45) is 0 Å². The second-order valence-corrected chi connectivity index (χ2v) is 4.26. The Morgan fingerprint density at radius 1 is 1.00 bits per heavy atom. The monoisotopic (exact) mass is 261 g/mol. The average molecular weight is 261 g/mol. The Morgan fingerprint density at radius 3 is 2.60 bits per heavy atom. The fourth-order valence-corrected chi connectivity index (χ4v) is 2.01. The molecule has 1 aromatic heterocycles. The number of anilines is 1. The van der Waals surface area contributed by atoms with Crippen LogP contribution in [0, 0.1) is 11.3 Å². The summed E-state index contributed by atoms with van der Waals surface area (Å²) in [6, 6.07) is 16.7. The second-order valence-electron chi connectivity index (χ2n) is 4.26. The van der Waals surface area contributed by atoms with Crippen molar-refractivity contribution in [3.8, 4) is 17.6 Å². The van der Waals surface area contributed by atoms with E-state index in [0.29, 0.717) is 22.7 Å². The van der Waals surface area contributed by atoms with E-state index in [2.05, 4.69) is 4.98 Å². The number of para-hydroxylation sites is 2. The third-order valence-corrected chi connectivity index (χ3v) is 3.00. The Morgan fingerprint density at radius 2 is 1.75 bits per heavy atom. The first-order valence-electron chi connectivity index (χ1n) is 6.10. The van der Waals surface area contributed by atoms with Gasteiger partial charge in [-0.05, 0) is 24.3 Å². The average Bonchev–Trinajstić information content (AvgIpc) is 2.50. The summed E-state index contributed by atoms with van der Waals surface area (Å²) >= 11 is 0. The predicted octanol–water partition coefficient (Wildman–Crippen LogP) is 3.48. The molecule has 96 valence electrons. The van der Waals surface area contributed by atoms with Gasteiger partial charge in [0.2, 0.25) is 0 Å². The first kappa shape index (κ1) is 12.0. The van der Waals surface area contributed by atoms with Gasteiger partial charge in [0.15, 0.2) is 11.5 Å². The minimum absolute atomic E-state index is 0.336. The van der Waals surface area contributed by atoms with Gasteiger partial charge in [-0.25, -0.2) is 0 Å². The molecule has 0 saturated heterocycles. The van der Waals surface area contributed by atoms with Crippen LogP contribution in [0.4, 0.5) is 5.69 Å². The highest BCUT2D eigenvalue weighted by atomic mass is 16.5. The van der Waals surface area contributed by atoms with Gasteiger partial charge < -0.3 is 10.5 Å². The van der Waals surface area contributed by atoms with Gasteiger partial charge in [0.05, 0.1) is 11.3 Å². The number of nitrogens with zero attached hydrogens (tertiary/aromatic N) is 2. The van der Waals surface area contributed by atoms with Crippen LogP contribution in [0.3, 0.4) is 0 Å². The fourth-order valence-electron chi connectivity index (χ4n) is 2.01. The minimum atomic E-state index is 0.336. The quantitative estimate of drug-likeness (QED) is 0.717. The van der Waals surface area contributed by atoms with E-state index in [9.17, 15) is 0 Å². The van der Waals surface area contributed by atoms with Crippen molar-refractivity contribution < 1.29 is 4.74 Å². The maximum Gasteiger partial charge on any atom is 0.153 e. The molecule has 0 amide bonds. The van der Waals surface area contributed by atoms with E-state index in [0.717, 1.165) is 10.9 Å². The predicted molar refractivity (Wildman–Crippen MR) is 77.4 cm³/mol. The van der Waals surface area contributed by atoms with Crippen molar-refractivity contribution in [3.05, 3.63) is 60.3 Å². The maximum absolute atomic E-state index is 8.98. The normalized spacial score (nSPS) is 10.2. The number of rotatable bonds is 2. The summed E-state index contributed by atoms with van der Waals surface area (Å²) in [6.45, 7) is 0. The Hall–Kier alpha value is -3.06. The molecule has 4 heteroatoms. The molecule has 0 aliphatic carbocycles. The summed E-state index contributed by atoms with van der Waals surface area (Å²) in [6.07, 6.45) is 1.71. The van der Waals surface area contributed by atoms with Crippen molar-refractivity contribution in [2.75, 3.05) is 5.73 Å². The molecule has 0 spiro atoms. The minimum Gasteiger partial charge on any atom is -0.453 e. The number of benzene rings is 2. The van der Waals surface area contributed by atoms with E-state index in [4.69, 9.17) is 15.7 Å². The van der Waals surface area contributed by atoms with Crippen molar-refractivity contribution >= 4 is 16.6 Å². The van der Waals surface area contributed by atoms with Crippen LogP contribution in [0.1, 0.15) is 5.56 Å². The second kappa shape index (κ2) is 4.90. The molecule has 0 radical (unpaired) electrons. The molecule has 3 aromatic rings. The Balaban J connectivity index is 2.09. The number of ether oxygens (including phenoxy) is 1. The molecule has 3 rings (SSSR count). The van der Waals surface area contributed by atoms with Gasteiger partial charge in [-0.1, -0.05) is 24.3 Å². The van der Waals surface area contributed by atoms with Crippen LogP contribution in [0.25, 0.3) is 10.9 Å². The lowest BCUT2D eigenvalue weighted by molar-refractivity contribution is 0.489. The van der Waals surface area contributed by atoms with Crippen LogP contribution in [-0.2, 0) is 0 Å². The van der Waals surface area contributed by atoms with Crippen molar-refractivity contribution in [2.45, 2.75) is 0 Å². The highest BCUT2D eigenvalue weighted by Gasteiger charge is 2.09. The molecule has 2 aromatic carbocycles. The Kier molecular flexibility index (Phi) is 2.94. The van der Waals surface area contributed by atoms with E-state index < -0.39 is 0 Å². The maximum atomic E-state index is 8.98. The van der Waals surface area contributed by atoms with Crippen LogP contribution in [-0.4, -0.2) is 4.98 Å². The third kappa shape index (κ3) is 2.02. The molecule has 1 heterocycles. The first-order valence-corrected chi connectivity index (χ1v) is 6.10. The van der Waals surface area contributed by atoms with Crippen molar-refractivity contribution in [1.82, 2.24) is 4.98 Å². The molecule has 0 aliphatic heterocycles. The molecule has 0 atom stereocenters. The van der Waals surface area contributed by atoms with Gasteiger partial charge in [-0.2, -0.15) is 5.26 Å². The van der Waals surface area contributed by atoms with Crippen LogP contribution in [0.5, 0.6) is 11.5 Å². The molecule has 0 fully saturated rings. The fraction of sp³-hybridized carbons (Fsp3) is 0. The highest BCUT2D eigenvalue weighted by Crippen LogP contribution is 2.32. The van der Waals surface area contributed by atoms with E-state index in [-0.39, 0.29) is 0 Å². The SMILES string of the molecule is N#Cc1cccc(Oc2cccc3cccnc23)c1N. The smallest absolute Gasteiger partial charge is 0.153 e. The third-order valence-electron chi connectivity index (χ3n) is 3.00. The van der Waals surface area contributed by atoms with Crippen molar-refractivity contribution in [3.63, 3.8) is 0 Å². The number of pyridine rings is 1.